The second-order valence-electron chi connectivity index (χ2n) is 6.07. The molecule has 0 unspecified atom stereocenters. The summed E-state index contributed by atoms with van der Waals surface area (Å²) in [5.41, 5.74) is 1.56. The number of carbonyl (C=O) groups excluding carboxylic acids is 1. The molecule has 128 valence electrons. The first kappa shape index (κ1) is 16.8. The van der Waals surface area contributed by atoms with E-state index in [4.69, 9.17) is 9.26 Å². The molecule has 0 spiro atoms. The Morgan fingerprint density at radius 3 is 2.88 bits per heavy atom. The van der Waals surface area contributed by atoms with Gasteiger partial charge in [-0.1, -0.05) is 43.3 Å². The van der Waals surface area contributed by atoms with Crippen molar-refractivity contribution in [3.63, 3.8) is 0 Å². The molecule has 0 radical (unpaired) electrons. The van der Waals surface area contributed by atoms with Crippen LogP contribution in [0.1, 0.15) is 31.3 Å². The van der Waals surface area contributed by atoms with Gasteiger partial charge in [-0.05, 0) is 24.1 Å². The van der Waals surface area contributed by atoms with Crippen LogP contribution in [0, 0.1) is 5.92 Å². The summed E-state index contributed by atoms with van der Waals surface area (Å²) in [5.74, 6) is 0.863. The van der Waals surface area contributed by atoms with E-state index in [-0.39, 0.29) is 6.61 Å². The van der Waals surface area contributed by atoms with Gasteiger partial charge in [0.15, 0.2) is 12.4 Å². The molecule has 1 aromatic carbocycles. The Kier molecular flexibility index (Phi) is 5.18. The summed E-state index contributed by atoms with van der Waals surface area (Å²) in [6.07, 6.45) is 3.68. The minimum Gasteiger partial charge on any atom is -0.452 e. The van der Waals surface area contributed by atoms with Crippen LogP contribution in [0.4, 0.5) is 0 Å². The van der Waals surface area contributed by atoms with Gasteiger partial charge in [0.25, 0.3) is 5.89 Å². The number of fused-ring (bicyclic) bond motifs is 1. The van der Waals surface area contributed by atoms with Crippen molar-refractivity contribution in [1.29, 1.82) is 0 Å². The van der Waals surface area contributed by atoms with Gasteiger partial charge in [-0.3, -0.25) is 0 Å². The summed E-state index contributed by atoms with van der Waals surface area (Å²) in [6.45, 7) is 4.10. The lowest BCUT2D eigenvalue weighted by molar-refractivity contribution is -0.139. The Labute approximate surface area is 145 Å². The molecule has 6 heteroatoms. The number of carbonyl (C=O) groups is 1. The molecule has 6 nitrogen and oxygen atoms in total. The van der Waals surface area contributed by atoms with Crippen molar-refractivity contribution in [1.82, 2.24) is 15.1 Å². The highest BCUT2D eigenvalue weighted by Crippen LogP contribution is 2.12. The molecule has 2 heterocycles. The van der Waals surface area contributed by atoms with Crippen LogP contribution in [0.25, 0.3) is 17.0 Å². The first-order chi connectivity index (χ1) is 12.1. The highest BCUT2D eigenvalue weighted by atomic mass is 16.6. The van der Waals surface area contributed by atoms with Gasteiger partial charge in [-0.15, -0.1) is 0 Å². The highest BCUT2D eigenvalue weighted by molar-refractivity contribution is 5.87. The first-order valence-corrected chi connectivity index (χ1v) is 8.12. The van der Waals surface area contributed by atoms with Crippen LogP contribution in [-0.2, 0) is 22.6 Å². The Morgan fingerprint density at radius 1 is 1.20 bits per heavy atom. The Bertz CT molecular complexity index is 900. The van der Waals surface area contributed by atoms with E-state index in [1.54, 1.807) is 6.08 Å². The zero-order valence-corrected chi connectivity index (χ0v) is 14.2. The number of rotatable bonds is 6. The van der Waals surface area contributed by atoms with E-state index in [9.17, 15) is 4.79 Å². The number of pyridine rings is 1. The third-order valence-corrected chi connectivity index (χ3v) is 3.45. The fraction of sp³-hybridized carbons (Fsp3) is 0.263. The van der Waals surface area contributed by atoms with Crippen molar-refractivity contribution in [2.75, 3.05) is 0 Å². The molecule has 0 fully saturated rings. The summed E-state index contributed by atoms with van der Waals surface area (Å²) >= 11 is 0. The number of aromatic nitrogens is 3. The lowest BCUT2D eigenvalue weighted by atomic mass is 10.1. The predicted molar refractivity (Wildman–Crippen MR) is 93.4 cm³/mol. The number of ether oxygens (including phenoxy) is 1. The van der Waals surface area contributed by atoms with E-state index >= 15 is 0 Å². The second kappa shape index (κ2) is 7.70. The molecular formula is C19H19N3O3. The standard InChI is InChI=1S/C19H19N3O3/c1-13(2)11-17-21-18(25-22-17)12-24-19(23)10-9-15-8-7-14-5-3-4-6-16(14)20-15/h3-10,13H,11-12H2,1-2H3/b10-9+. The summed E-state index contributed by atoms with van der Waals surface area (Å²) in [6, 6.07) is 11.6. The molecule has 0 aliphatic heterocycles. The number of esters is 1. The lowest BCUT2D eigenvalue weighted by Gasteiger charge is -1.99. The SMILES string of the molecule is CC(C)Cc1noc(COC(=O)/C=C/c2ccc3ccccc3n2)n1. The van der Waals surface area contributed by atoms with Gasteiger partial charge < -0.3 is 9.26 Å². The maximum atomic E-state index is 11.8. The predicted octanol–water partition coefficient (Wildman–Crippen LogP) is 3.57. The van der Waals surface area contributed by atoms with Crippen molar-refractivity contribution in [3.05, 3.63) is 59.9 Å². The zero-order chi connectivity index (χ0) is 17.6. The Morgan fingerprint density at radius 2 is 2.04 bits per heavy atom. The summed E-state index contributed by atoms with van der Waals surface area (Å²) < 4.78 is 10.2. The van der Waals surface area contributed by atoms with Crippen molar-refractivity contribution in [3.8, 4) is 0 Å². The molecule has 0 aliphatic rings. The molecule has 0 saturated heterocycles. The van der Waals surface area contributed by atoms with Crippen LogP contribution in [0.2, 0.25) is 0 Å². The largest absolute Gasteiger partial charge is 0.452 e. The first-order valence-electron chi connectivity index (χ1n) is 8.12. The third-order valence-electron chi connectivity index (χ3n) is 3.45. The van der Waals surface area contributed by atoms with Gasteiger partial charge in [0.2, 0.25) is 0 Å². The average Bonchev–Trinajstić information content (AvgIpc) is 3.04. The highest BCUT2D eigenvalue weighted by Gasteiger charge is 2.09. The monoisotopic (exact) mass is 337 g/mol. The maximum Gasteiger partial charge on any atom is 0.331 e. The van der Waals surface area contributed by atoms with E-state index in [0.29, 0.717) is 23.3 Å². The molecular weight excluding hydrogens is 318 g/mol. The van der Waals surface area contributed by atoms with Gasteiger partial charge in [0.1, 0.15) is 0 Å². The quantitative estimate of drug-likeness (QED) is 0.505. The van der Waals surface area contributed by atoms with Crippen LogP contribution < -0.4 is 0 Å². The van der Waals surface area contributed by atoms with Gasteiger partial charge in [-0.25, -0.2) is 9.78 Å². The maximum absolute atomic E-state index is 11.8. The molecule has 25 heavy (non-hydrogen) atoms. The van der Waals surface area contributed by atoms with Crippen LogP contribution in [-0.4, -0.2) is 21.1 Å². The number of hydrogen-bond acceptors (Lipinski definition) is 6. The van der Waals surface area contributed by atoms with E-state index in [1.807, 2.05) is 36.4 Å². The zero-order valence-electron chi connectivity index (χ0n) is 14.2. The third kappa shape index (κ3) is 4.73. The van der Waals surface area contributed by atoms with E-state index in [0.717, 1.165) is 17.3 Å². The Balaban J connectivity index is 1.56. The number of para-hydroxylation sites is 1. The number of hydrogen-bond donors (Lipinski definition) is 0. The van der Waals surface area contributed by atoms with Crippen molar-refractivity contribution in [2.24, 2.45) is 5.92 Å². The van der Waals surface area contributed by atoms with Crippen LogP contribution in [0.15, 0.2) is 47.0 Å². The normalized spacial score (nSPS) is 11.5. The minimum absolute atomic E-state index is 0.0422. The topological polar surface area (TPSA) is 78.1 Å². The molecule has 0 atom stereocenters. The van der Waals surface area contributed by atoms with Crippen molar-refractivity contribution < 1.29 is 14.1 Å². The average molecular weight is 337 g/mol. The van der Waals surface area contributed by atoms with E-state index in [1.165, 1.54) is 6.08 Å². The number of nitrogens with zero attached hydrogens (tertiary/aromatic N) is 3. The molecule has 0 amide bonds. The second-order valence-corrected chi connectivity index (χ2v) is 6.07. The molecule has 0 saturated carbocycles. The van der Waals surface area contributed by atoms with Crippen LogP contribution in [0.5, 0.6) is 0 Å². The van der Waals surface area contributed by atoms with Crippen LogP contribution >= 0.6 is 0 Å². The van der Waals surface area contributed by atoms with E-state index in [2.05, 4.69) is 29.0 Å². The van der Waals surface area contributed by atoms with Crippen molar-refractivity contribution in [2.45, 2.75) is 26.9 Å². The summed E-state index contributed by atoms with van der Waals surface area (Å²) in [5, 5.41) is 4.90. The molecule has 3 rings (SSSR count). The fourth-order valence-electron chi connectivity index (χ4n) is 2.31. The van der Waals surface area contributed by atoms with Gasteiger partial charge in [0, 0.05) is 17.9 Å². The number of benzene rings is 1. The van der Waals surface area contributed by atoms with Crippen molar-refractivity contribution >= 4 is 22.9 Å². The van der Waals surface area contributed by atoms with Crippen LogP contribution in [0.3, 0.4) is 0 Å². The smallest absolute Gasteiger partial charge is 0.331 e. The Hall–Kier alpha value is -3.02. The van der Waals surface area contributed by atoms with Gasteiger partial charge in [0.05, 0.1) is 11.2 Å². The minimum atomic E-state index is -0.487. The summed E-state index contributed by atoms with van der Waals surface area (Å²) in [4.78, 5) is 20.5. The lowest BCUT2D eigenvalue weighted by Crippen LogP contribution is -2.02. The molecule has 0 N–H and O–H groups in total. The molecule has 2 aromatic heterocycles. The van der Waals surface area contributed by atoms with Gasteiger partial charge >= 0.3 is 5.97 Å². The fourth-order valence-corrected chi connectivity index (χ4v) is 2.31. The molecule has 0 aliphatic carbocycles. The van der Waals surface area contributed by atoms with E-state index < -0.39 is 5.97 Å². The molecule has 0 bridgehead atoms. The van der Waals surface area contributed by atoms with Gasteiger partial charge in [-0.2, -0.15) is 4.98 Å². The molecule has 3 aromatic rings. The summed E-state index contributed by atoms with van der Waals surface area (Å²) in [7, 11) is 0.